The van der Waals surface area contributed by atoms with E-state index in [1.54, 1.807) is 7.11 Å². The number of hydrogen-bond donors (Lipinski definition) is 1. The summed E-state index contributed by atoms with van der Waals surface area (Å²) in [5, 5.41) is 3.80. The number of carbonyl (C=O) groups excluding carboxylic acids is 1. The lowest BCUT2D eigenvalue weighted by Gasteiger charge is -2.44. The van der Waals surface area contributed by atoms with Crippen LogP contribution in [0.15, 0.2) is 36.4 Å². The number of nitrogens with zero attached hydrogens (tertiary/aromatic N) is 1. The van der Waals surface area contributed by atoms with Gasteiger partial charge in [-0.1, -0.05) is 49.7 Å². The summed E-state index contributed by atoms with van der Waals surface area (Å²) in [7, 11) is 1.62. The van der Waals surface area contributed by atoms with Gasteiger partial charge in [-0.15, -0.1) is 0 Å². The molecule has 0 unspecified atom stereocenters. The van der Waals surface area contributed by atoms with Crippen molar-refractivity contribution in [2.24, 2.45) is 11.3 Å². The molecule has 1 amide bonds. The molecule has 3 saturated heterocycles. The number of amides is 1. The number of piperidine rings is 3. The Morgan fingerprint density at radius 3 is 2.50 bits per heavy atom. The number of ether oxygens (including phenoxy) is 2. The highest BCUT2D eigenvalue weighted by Gasteiger charge is 2.42. The van der Waals surface area contributed by atoms with Crippen LogP contribution in [0.1, 0.15) is 43.9 Å². The van der Waals surface area contributed by atoms with Gasteiger partial charge in [-0.05, 0) is 78.1 Å². The predicted octanol–water partition coefficient (Wildman–Crippen LogP) is 5.46. The monoisotopic (exact) mass is 454 g/mol. The molecule has 0 radical (unpaired) electrons. The largest absolute Gasteiger partial charge is 0.495 e. The molecule has 3 aliphatic heterocycles. The molecule has 5 nitrogen and oxygen atoms in total. The third-order valence-electron chi connectivity index (χ3n) is 7.48. The van der Waals surface area contributed by atoms with Crippen molar-refractivity contribution < 1.29 is 14.3 Å². The molecule has 1 N–H and O–H groups in total. The smallest absolute Gasteiger partial charge is 0.407 e. The summed E-state index contributed by atoms with van der Waals surface area (Å²) in [6.45, 7) is 7.55. The Morgan fingerprint density at radius 1 is 1.12 bits per heavy atom. The average molecular weight is 455 g/mol. The maximum atomic E-state index is 12.8. The molecule has 3 heterocycles. The van der Waals surface area contributed by atoms with Crippen LogP contribution in [0.5, 0.6) is 5.75 Å². The Kier molecular flexibility index (Phi) is 5.58. The third kappa shape index (κ3) is 3.97. The molecule has 4 aliphatic rings. The number of rotatable bonds is 4. The summed E-state index contributed by atoms with van der Waals surface area (Å²) >= 11 is 6.34. The minimum atomic E-state index is -0.291. The molecule has 0 spiro atoms. The summed E-state index contributed by atoms with van der Waals surface area (Å²) in [5.41, 5.74) is 4.50. The first-order valence-electron chi connectivity index (χ1n) is 11.5. The quantitative estimate of drug-likeness (QED) is 0.666. The fraction of sp³-hybridized carbons (Fsp3) is 0.500. The second-order valence-electron chi connectivity index (χ2n) is 10.1. The van der Waals surface area contributed by atoms with Gasteiger partial charge in [0, 0.05) is 6.54 Å². The lowest BCUT2D eigenvalue weighted by molar-refractivity contribution is -0.0348. The van der Waals surface area contributed by atoms with E-state index < -0.39 is 0 Å². The van der Waals surface area contributed by atoms with Gasteiger partial charge < -0.3 is 14.8 Å². The zero-order valence-electron chi connectivity index (χ0n) is 19.0. The number of nitrogens with one attached hydrogen (secondary N) is 1. The Bertz CT molecular complexity index is 1030. The van der Waals surface area contributed by atoms with E-state index in [4.69, 9.17) is 21.1 Å². The van der Waals surface area contributed by atoms with E-state index >= 15 is 0 Å². The lowest BCUT2D eigenvalue weighted by atomic mass is 9.85. The van der Waals surface area contributed by atoms with Gasteiger partial charge >= 0.3 is 6.09 Å². The van der Waals surface area contributed by atoms with E-state index in [9.17, 15) is 4.79 Å². The zero-order valence-corrected chi connectivity index (χ0v) is 19.7. The molecular formula is C26H31ClN2O3. The van der Waals surface area contributed by atoms with Crippen molar-refractivity contribution in [1.29, 1.82) is 0 Å². The first-order valence-corrected chi connectivity index (χ1v) is 11.9. The highest BCUT2D eigenvalue weighted by Crippen LogP contribution is 2.46. The van der Waals surface area contributed by atoms with Crippen molar-refractivity contribution in [1.82, 2.24) is 10.2 Å². The average Bonchev–Trinajstić information content (AvgIpc) is 3.03. The number of hydrogen-bond acceptors (Lipinski definition) is 4. The number of halogens is 1. The van der Waals surface area contributed by atoms with Crippen LogP contribution in [-0.2, 0) is 11.2 Å². The molecule has 170 valence electrons. The molecule has 2 aromatic rings. The second-order valence-corrected chi connectivity index (χ2v) is 10.5. The topological polar surface area (TPSA) is 50.8 Å². The van der Waals surface area contributed by atoms with E-state index in [0.717, 1.165) is 50.0 Å². The number of fused-ring (bicyclic) bond motifs is 4. The molecule has 6 heteroatoms. The highest BCUT2D eigenvalue weighted by atomic mass is 35.5. The van der Waals surface area contributed by atoms with Crippen LogP contribution in [0.4, 0.5) is 4.79 Å². The van der Waals surface area contributed by atoms with E-state index in [-0.39, 0.29) is 23.7 Å². The standard InChI is InChI=1S/C26H31ClN2O3/c1-26(2)14-19-12-17(18-5-7-22(31-3)21(27)13-18)4-6-20(19)24(26)28-25(30)32-23-15-29-10-8-16(23)9-11-29/h4-7,12-13,16,23-24H,8-11,14-15H2,1-3H3,(H,28,30)/t23-,24-/m0/s1. The molecule has 0 aromatic heterocycles. The van der Waals surface area contributed by atoms with Crippen LogP contribution >= 0.6 is 11.6 Å². The first kappa shape index (κ1) is 21.6. The summed E-state index contributed by atoms with van der Waals surface area (Å²) in [4.78, 5) is 15.3. The molecular weight excluding hydrogens is 424 g/mol. The van der Waals surface area contributed by atoms with E-state index in [0.29, 0.717) is 16.7 Å². The number of carbonyl (C=O) groups is 1. The SMILES string of the molecule is COc1ccc(-c2ccc3c(c2)CC(C)(C)[C@H]3NC(=O)O[C@H]2CN3CCC2CC3)cc1Cl. The summed E-state index contributed by atoms with van der Waals surface area (Å²) < 4.78 is 11.2. The maximum absolute atomic E-state index is 12.8. The van der Waals surface area contributed by atoms with Crippen LogP contribution in [0.3, 0.4) is 0 Å². The second kappa shape index (κ2) is 8.27. The fourth-order valence-corrected chi connectivity index (χ4v) is 5.94. The minimum Gasteiger partial charge on any atom is -0.495 e. The number of alkyl carbamates (subject to hydrolysis) is 1. The maximum Gasteiger partial charge on any atom is 0.407 e. The van der Waals surface area contributed by atoms with Crippen molar-refractivity contribution in [2.75, 3.05) is 26.7 Å². The molecule has 32 heavy (non-hydrogen) atoms. The van der Waals surface area contributed by atoms with Crippen molar-refractivity contribution in [3.05, 3.63) is 52.5 Å². The van der Waals surface area contributed by atoms with Gasteiger partial charge in [0.2, 0.25) is 0 Å². The van der Waals surface area contributed by atoms with Gasteiger partial charge in [0.05, 0.1) is 18.2 Å². The molecule has 2 bridgehead atoms. The zero-order chi connectivity index (χ0) is 22.5. The van der Waals surface area contributed by atoms with Gasteiger partial charge in [-0.2, -0.15) is 0 Å². The molecule has 0 saturated carbocycles. The van der Waals surface area contributed by atoms with Gasteiger partial charge in [0.25, 0.3) is 0 Å². The van der Waals surface area contributed by atoms with Crippen LogP contribution in [-0.4, -0.2) is 43.8 Å². The Labute approximate surface area is 195 Å². The molecule has 3 fully saturated rings. The molecule has 1 aliphatic carbocycles. The van der Waals surface area contributed by atoms with Crippen molar-refractivity contribution in [3.63, 3.8) is 0 Å². The number of methoxy groups -OCH3 is 1. The van der Waals surface area contributed by atoms with Crippen LogP contribution in [0.2, 0.25) is 5.02 Å². The Hall–Kier alpha value is -2.24. The minimum absolute atomic E-state index is 0.0173. The van der Waals surface area contributed by atoms with E-state index in [1.165, 1.54) is 11.1 Å². The molecule has 2 atom stereocenters. The van der Waals surface area contributed by atoms with Crippen LogP contribution < -0.4 is 10.1 Å². The van der Waals surface area contributed by atoms with Crippen molar-refractivity contribution in [3.8, 4) is 16.9 Å². The highest BCUT2D eigenvalue weighted by molar-refractivity contribution is 6.32. The van der Waals surface area contributed by atoms with Gasteiger partial charge in [0.1, 0.15) is 11.9 Å². The number of benzene rings is 2. The lowest BCUT2D eigenvalue weighted by Crippen LogP contribution is -2.53. The van der Waals surface area contributed by atoms with Gasteiger partial charge in [-0.3, -0.25) is 4.90 Å². The third-order valence-corrected chi connectivity index (χ3v) is 7.78. The van der Waals surface area contributed by atoms with E-state index in [1.807, 2.05) is 18.2 Å². The Morgan fingerprint density at radius 2 is 1.84 bits per heavy atom. The molecule has 2 aromatic carbocycles. The van der Waals surface area contributed by atoms with Crippen molar-refractivity contribution in [2.45, 2.75) is 45.3 Å². The van der Waals surface area contributed by atoms with Crippen molar-refractivity contribution >= 4 is 17.7 Å². The summed E-state index contributed by atoms with van der Waals surface area (Å²) in [6.07, 6.45) is 2.89. The summed E-state index contributed by atoms with van der Waals surface area (Å²) in [5.74, 6) is 1.18. The Balaban J connectivity index is 1.33. The predicted molar refractivity (Wildman–Crippen MR) is 126 cm³/mol. The van der Waals surface area contributed by atoms with E-state index in [2.05, 4.69) is 42.3 Å². The first-order chi connectivity index (χ1) is 15.3. The van der Waals surface area contributed by atoms with Crippen LogP contribution in [0, 0.1) is 11.3 Å². The van der Waals surface area contributed by atoms with Gasteiger partial charge in [-0.25, -0.2) is 4.79 Å². The van der Waals surface area contributed by atoms with Crippen LogP contribution in [0.25, 0.3) is 11.1 Å². The fourth-order valence-electron chi connectivity index (χ4n) is 5.69. The normalized spacial score (nSPS) is 27.6. The summed E-state index contributed by atoms with van der Waals surface area (Å²) in [6, 6.07) is 12.2. The molecule has 6 rings (SSSR count). The van der Waals surface area contributed by atoms with Gasteiger partial charge in [0.15, 0.2) is 0 Å².